The monoisotopic (exact) mass is 178 g/mol. The van der Waals surface area contributed by atoms with Crippen LogP contribution in [0.5, 0.6) is 5.88 Å². The van der Waals surface area contributed by atoms with Crippen LogP contribution in [0.3, 0.4) is 0 Å². The Morgan fingerprint density at radius 2 is 1.92 bits per heavy atom. The van der Waals surface area contributed by atoms with Crippen molar-refractivity contribution in [3.05, 3.63) is 17.8 Å². The molecule has 12 heavy (non-hydrogen) atoms. The van der Waals surface area contributed by atoms with Crippen molar-refractivity contribution in [2.75, 3.05) is 7.11 Å². The van der Waals surface area contributed by atoms with Crippen molar-refractivity contribution in [1.82, 2.24) is 10.2 Å². The van der Waals surface area contributed by atoms with E-state index in [1.54, 1.807) is 0 Å². The summed E-state index contributed by atoms with van der Waals surface area (Å²) in [5, 5.41) is 6.09. The Balaban J connectivity index is 2.93. The minimum Gasteiger partial charge on any atom is -0.480 e. The molecule has 0 unspecified atom stereocenters. The highest BCUT2D eigenvalue weighted by Crippen LogP contribution is 2.27. The van der Waals surface area contributed by atoms with Gasteiger partial charge in [0.25, 0.3) is 0 Å². The van der Waals surface area contributed by atoms with Crippen molar-refractivity contribution in [3.8, 4) is 5.88 Å². The molecule has 6 heteroatoms. The van der Waals surface area contributed by atoms with E-state index in [2.05, 4.69) is 14.9 Å². The molecule has 0 fully saturated rings. The van der Waals surface area contributed by atoms with Crippen LogP contribution in [0, 0.1) is 0 Å². The molecule has 0 amide bonds. The van der Waals surface area contributed by atoms with E-state index in [0.29, 0.717) is 0 Å². The van der Waals surface area contributed by atoms with Gasteiger partial charge < -0.3 is 4.74 Å². The molecule has 0 aliphatic heterocycles. The molecule has 0 atom stereocenters. The van der Waals surface area contributed by atoms with E-state index in [0.717, 1.165) is 12.1 Å². The standard InChI is InChI=1S/C6H5F3N2O/c1-12-5-3-2-4(10-11-5)6(7,8)9/h2-3H,1H3. The molecule has 0 saturated heterocycles. The lowest BCUT2D eigenvalue weighted by molar-refractivity contribution is -0.141. The van der Waals surface area contributed by atoms with Gasteiger partial charge in [0.15, 0.2) is 5.69 Å². The fourth-order valence-electron chi connectivity index (χ4n) is 0.580. The highest BCUT2D eigenvalue weighted by molar-refractivity contribution is 5.13. The largest absolute Gasteiger partial charge is 0.480 e. The number of nitrogens with zero attached hydrogens (tertiary/aromatic N) is 2. The van der Waals surface area contributed by atoms with Crippen molar-refractivity contribution < 1.29 is 17.9 Å². The van der Waals surface area contributed by atoms with Gasteiger partial charge in [0.05, 0.1) is 7.11 Å². The van der Waals surface area contributed by atoms with Crippen molar-refractivity contribution in [2.45, 2.75) is 6.18 Å². The summed E-state index contributed by atoms with van der Waals surface area (Å²) in [6.07, 6.45) is -4.45. The second-order valence-corrected chi connectivity index (χ2v) is 1.96. The summed E-state index contributed by atoms with van der Waals surface area (Å²) in [5.74, 6) is 0.0583. The molecule has 3 nitrogen and oxygen atoms in total. The first-order valence-corrected chi connectivity index (χ1v) is 2.99. The zero-order chi connectivity index (χ0) is 9.19. The van der Waals surface area contributed by atoms with Crippen LogP contribution in [0.4, 0.5) is 13.2 Å². The molecule has 0 saturated carbocycles. The fraction of sp³-hybridized carbons (Fsp3) is 0.333. The molecule has 0 bridgehead atoms. The van der Waals surface area contributed by atoms with Crippen LogP contribution in [0.15, 0.2) is 12.1 Å². The maximum Gasteiger partial charge on any atom is 0.435 e. The van der Waals surface area contributed by atoms with Crippen LogP contribution in [0.1, 0.15) is 5.69 Å². The van der Waals surface area contributed by atoms with E-state index in [1.807, 2.05) is 0 Å². The van der Waals surface area contributed by atoms with Crippen LogP contribution in [0.25, 0.3) is 0 Å². The van der Waals surface area contributed by atoms with Gasteiger partial charge in [-0.3, -0.25) is 0 Å². The van der Waals surface area contributed by atoms with Gasteiger partial charge in [-0.25, -0.2) is 0 Å². The zero-order valence-corrected chi connectivity index (χ0v) is 6.09. The molecular weight excluding hydrogens is 173 g/mol. The molecule has 1 rings (SSSR count). The van der Waals surface area contributed by atoms with Crippen LogP contribution >= 0.6 is 0 Å². The van der Waals surface area contributed by atoms with Crippen molar-refractivity contribution >= 4 is 0 Å². The van der Waals surface area contributed by atoms with Gasteiger partial charge in [-0.15, -0.1) is 10.2 Å². The number of hydrogen-bond donors (Lipinski definition) is 0. The quantitative estimate of drug-likeness (QED) is 0.653. The Kier molecular flexibility index (Phi) is 2.16. The first kappa shape index (κ1) is 8.76. The first-order valence-electron chi connectivity index (χ1n) is 2.99. The third kappa shape index (κ3) is 1.84. The molecule has 0 radical (unpaired) electrons. The average molecular weight is 178 g/mol. The Bertz CT molecular complexity index is 256. The highest BCUT2D eigenvalue weighted by atomic mass is 19.4. The second-order valence-electron chi connectivity index (χ2n) is 1.96. The SMILES string of the molecule is COc1ccc(C(F)(F)F)nn1. The number of hydrogen-bond acceptors (Lipinski definition) is 3. The minimum atomic E-state index is -4.45. The minimum absolute atomic E-state index is 0.0583. The summed E-state index contributed by atoms with van der Waals surface area (Å²) in [6, 6.07) is 1.92. The number of aromatic nitrogens is 2. The van der Waals surface area contributed by atoms with Crippen LogP contribution in [0.2, 0.25) is 0 Å². The van der Waals surface area contributed by atoms with Gasteiger partial charge in [0.2, 0.25) is 5.88 Å². The van der Waals surface area contributed by atoms with Crippen LogP contribution in [-0.4, -0.2) is 17.3 Å². The van der Waals surface area contributed by atoms with Crippen molar-refractivity contribution in [3.63, 3.8) is 0 Å². The molecule has 1 aromatic rings. The predicted molar refractivity (Wildman–Crippen MR) is 33.6 cm³/mol. The van der Waals surface area contributed by atoms with Gasteiger partial charge in [-0.2, -0.15) is 13.2 Å². The van der Waals surface area contributed by atoms with E-state index >= 15 is 0 Å². The van der Waals surface area contributed by atoms with Gasteiger partial charge in [0, 0.05) is 6.07 Å². The molecule has 1 heterocycles. The van der Waals surface area contributed by atoms with Crippen molar-refractivity contribution in [1.29, 1.82) is 0 Å². The van der Waals surface area contributed by atoms with Crippen molar-refractivity contribution in [2.24, 2.45) is 0 Å². The van der Waals surface area contributed by atoms with Gasteiger partial charge >= 0.3 is 6.18 Å². The van der Waals surface area contributed by atoms with Gasteiger partial charge in [0.1, 0.15) is 0 Å². The van der Waals surface area contributed by atoms with E-state index < -0.39 is 11.9 Å². The zero-order valence-electron chi connectivity index (χ0n) is 6.09. The maximum absolute atomic E-state index is 11.9. The van der Waals surface area contributed by atoms with E-state index in [9.17, 15) is 13.2 Å². The second kappa shape index (κ2) is 2.96. The van der Waals surface area contributed by atoms with E-state index in [-0.39, 0.29) is 5.88 Å². The molecular formula is C6H5F3N2O. The molecule has 1 aromatic heterocycles. The lowest BCUT2D eigenvalue weighted by atomic mass is 10.4. The molecule has 66 valence electrons. The average Bonchev–Trinajstić information content (AvgIpc) is 2.03. The lowest BCUT2D eigenvalue weighted by Crippen LogP contribution is -2.08. The van der Waals surface area contributed by atoms with Gasteiger partial charge in [-0.1, -0.05) is 0 Å². The predicted octanol–water partition coefficient (Wildman–Crippen LogP) is 1.50. The maximum atomic E-state index is 11.9. The summed E-state index contributed by atoms with van der Waals surface area (Å²) in [6.45, 7) is 0. The lowest BCUT2D eigenvalue weighted by Gasteiger charge is -2.03. The Hall–Kier alpha value is -1.33. The summed E-state index contributed by atoms with van der Waals surface area (Å²) in [4.78, 5) is 0. The van der Waals surface area contributed by atoms with Crippen LogP contribution in [-0.2, 0) is 6.18 Å². The Morgan fingerprint density at radius 3 is 2.25 bits per heavy atom. The number of methoxy groups -OCH3 is 1. The normalized spacial score (nSPS) is 11.3. The molecule has 0 aromatic carbocycles. The number of halogens is 3. The number of rotatable bonds is 1. The Morgan fingerprint density at radius 1 is 1.25 bits per heavy atom. The highest BCUT2D eigenvalue weighted by Gasteiger charge is 2.32. The molecule has 0 N–H and O–H groups in total. The first-order chi connectivity index (χ1) is 5.54. The smallest absolute Gasteiger partial charge is 0.435 e. The van der Waals surface area contributed by atoms with E-state index in [4.69, 9.17) is 0 Å². The van der Waals surface area contributed by atoms with Gasteiger partial charge in [-0.05, 0) is 6.07 Å². The molecule has 0 spiro atoms. The summed E-state index contributed by atoms with van der Waals surface area (Å²) < 4.78 is 40.2. The summed E-state index contributed by atoms with van der Waals surface area (Å²) >= 11 is 0. The fourth-order valence-corrected chi connectivity index (χ4v) is 0.580. The summed E-state index contributed by atoms with van der Waals surface area (Å²) in [7, 11) is 1.30. The van der Waals surface area contributed by atoms with E-state index in [1.165, 1.54) is 7.11 Å². The number of alkyl halides is 3. The molecule has 0 aliphatic carbocycles. The topological polar surface area (TPSA) is 35.0 Å². The van der Waals surface area contributed by atoms with Crippen LogP contribution < -0.4 is 4.74 Å². The third-order valence-electron chi connectivity index (χ3n) is 1.14. The number of ether oxygens (including phenoxy) is 1. The third-order valence-corrected chi connectivity index (χ3v) is 1.14. The molecule has 0 aliphatic rings. The Labute approximate surface area is 66.2 Å². The summed E-state index contributed by atoms with van der Waals surface area (Å²) in [5.41, 5.74) is -1.02.